The fraction of sp³-hybridized carbons (Fsp3) is 0.500. The topological polar surface area (TPSA) is 17.1 Å². The van der Waals surface area contributed by atoms with Crippen LogP contribution >= 0.6 is 0 Å². The van der Waals surface area contributed by atoms with Gasteiger partial charge in [0.1, 0.15) is 5.78 Å². The number of benzene rings is 1. The Morgan fingerprint density at radius 3 is 2.73 bits per heavy atom. The molecule has 1 aromatic carbocycles. The summed E-state index contributed by atoms with van der Waals surface area (Å²) in [5.41, 5.74) is 5.49. The first-order valence-corrected chi connectivity index (χ1v) is 5.83. The molecule has 0 saturated heterocycles. The van der Waals surface area contributed by atoms with Crippen LogP contribution in [0.5, 0.6) is 0 Å². The summed E-state index contributed by atoms with van der Waals surface area (Å²) < 4.78 is 0. The average Bonchev–Trinajstić information content (AvgIpc) is 2.20. The normalized spacial score (nSPS) is 15.2. The van der Waals surface area contributed by atoms with Crippen LogP contribution in [0.4, 0.5) is 0 Å². The predicted octanol–water partition coefficient (Wildman–Crippen LogP) is 3.01. The molecular weight excluding hydrogens is 184 g/mol. The van der Waals surface area contributed by atoms with Gasteiger partial charge in [0.2, 0.25) is 0 Å². The van der Waals surface area contributed by atoms with Gasteiger partial charge in [-0.05, 0) is 42.0 Å². The number of fused-ring (bicyclic) bond motifs is 1. The Labute approximate surface area is 91.5 Å². The van der Waals surface area contributed by atoms with Gasteiger partial charge in [0.05, 0.1) is 0 Å². The zero-order valence-corrected chi connectivity index (χ0v) is 9.60. The molecule has 0 heterocycles. The molecule has 1 aromatic rings. The molecular formula is C14H18O. The maximum Gasteiger partial charge on any atom is 0.137 e. The second-order valence-corrected chi connectivity index (χ2v) is 4.51. The Bertz CT molecular complexity index is 391. The zero-order chi connectivity index (χ0) is 10.8. The second-order valence-electron chi connectivity index (χ2n) is 4.51. The van der Waals surface area contributed by atoms with Gasteiger partial charge >= 0.3 is 0 Å². The summed E-state index contributed by atoms with van der Waals surface area (Å²) in [6.07, 6.45) is 4.65. The molecule has 0 spiro atoms. The maximum absolute atomic E-state index is 11.4. The van der Waals surface area contributed by atoms with Crippen LogP contribution in [-0.2, 0) is 24.1 Å². The first-order chi connectivity index (χ1) is 7.20. The van der Waals surface area contributed by atoms with E-state index in [2.05, 4.69) is 26.0 Å². The number of ketones is 1. The molecule has 15 heavy (non-hydrogen) atoms. The summed E-state index contributed by atoms with van der Waals surface area (Å²) in [7, 11) is 0. The monoisotopic (exact) mass is 202 g/mol. The predicted molar refractivity (Wildman–Crippen MR) is 62.2 cm³/mol. The van der Waals surface area contributed by atoms with E-state index in [1.807, 2.05) is 0 Å². The van der Waals surface area contributed by atoms with Crippen molar-refractivity contribution in [2.75, 3.05) is 0 Å². The molecule has 0 fully saturated rings. The lowest BCUT2D eigenvalue weighted by Crippen LogP contribution is -2.14. The van der Waals surface area contributed by atoms with Gasteiger partial charge in [0.25, 0.3) is 0 Å². The number of carbonyl (C=O) groups excluding carboxylic acids is 1. The Morgan fingerprint density at radius 2 is 2.00 bits per heavy atom. The summed E-state index contributed by atoms with van der Waals surface area (Å²) in [6, 6.07) is 4.54. The van der Waals surface area contributed by atoms with Crippen LogP contribution in [0, 0.1) is 6.92 Å². The highest BCUT2D eigenvalue weighted by Gasteiger charge is 2.16. The van der Waals surface area contributed by atoms with Crippen molar-refractivity contribution in [1.82, 2.24) is 0 Å². The molecule has 2 rings (SSSR count). The van der Waals surface area contributed by atoms with Crippen LogP contribution in [0.3, 0.4) is 0 Å². The van der Waals surface area contributed by atoms with Crippen LogP contribution in [0.15, 0.2) is 12.1 Å². The number of carbonyl (C=O) groups is 1. The summed E-state index contributed by atoms with van der Waals surface area (Å²) in [6.45, 7) is 4.38. The average molecular weight is 202 g/mol. The number of aryl methyl sites for hydroxylation is 3. The molecule has 0 aromatic heterocycles. The Morgan fingerprint density at radius 1 is 1.20 bits per heavy atom. The van der Waals surface area contributed by atoms with E-state index in [1.54, 1.807) is 0 Å². The molecule has 0 bridgehead atoms. The number of hydrogen-bond acceptors (Lipinski definition) is 1. The van der Waals surface area contributed by atoms with Gasteiger partial charge in [-0.25, -0.2) is 0 Å². The van der Waals surface area contributed by atoms with Crippen LogP contribution < -0.4 is 0 Å². The molecule has 1 aliphatic rings. The van der Waals surface area contributed by atoms with E-state index in [0.29, 0.717) is 12.2 Å². The second kappa shape index (κ2) is 4.18. The van der Waals surface area contributed by atoms with E-state index in [0.717, 1.165) is 19.3 Å². The van der Waals surface area contributed by atoms with E-state index in [9.17, 15) is 4.79 Å². The minimum Gasteiger partial charge on any atom is -0.299 e. The molecule has 1 aliphatic carbocycles. The van der Waals surface area contributed by atoms with Gasteiger partial charge in [-0.1, -0.05) is 25.5 Å². The molecule has 0 unspecified atom stereocenters. The third-order valence-corrected chi connectivity index (χ3v) is 3.24. The van der Waals surface area contributed by atoms with Crippen LogP contribution in [0.25, 0.3) is 0 Å². The van der Waals surface area contributed by atoms with Gasteiger partial charge in [0, 0.05) is 12.8 Å². The first-order valence-electron chi connectivity index (χ1n) is 5.83. The van der Waals surface area contributed by atoms with E-state index in [4.69, 9.17) is 0 Å². The highest BCUT2D eigenvalue weighted by Crippen LogP contribution is 2.23. The number of hydrogen-bond donors (Lipinski definition) is 0. The lowest BCUT2D eigenvalue weighted by Gasteiger charge is -2.17. The molecule has 0 radical (unpaired) electrons. The minimum absolute atomic E-state index is 0.397. The molecule has 1 nitrogen and oxygen atoms in total. The SMILES string of the molecule is CCCc1cc2c(cc1C)CCC(=O)C2. The van der Waals surface area contributed by atoms with Gasteiger partial charge in [-0.15, -0.1) is 0 Å². The Kier molecular flexibility index (Phi) is 2.90. The van der Waals surface area contributed by atoms with Gasteiger partial charge in [-0.2, -0.15) is 0 Å². The van der Waals surface area contributed by atoms with Crippen molar-refractivity contribution in [1.29, 1.82) is 0 Å². The highest BCUT2D eigenvalue weighted by atomic mass is 16.1. The quantitative estimate of drug-likeness (QED) is 0.720. The fourth-order valence-corrected chi connectivity index (χ4v) is 2.37. The molecule has 0 atom stereocenters. The minimum atomic E-state index is 0.397. The van der Waals surface area contributed by atoms with Gasteiger partial charge in [0.15, 0.2) is 0 Å². The molecule has 80 valence electrons. The molecule has 0 saturated carbocycles. The van der Waals surface area contributed by atoms with Crippen LogP contribution in [-0.4, -0.2) is 5.78 Å². The van der Waals surface area contributed by atoms with Gasteiger partial charge in [-0.3, -0.25) is 4.79 Å². The van der Waals surface area contributed by atoms with Crippen molar-refractivity contribution < 1.29 is 4.79 Å². The lowest BCUT2D eigenvalue weighted by molar-refractivity contribution is -0.118. The number of Topliss-reactive ketones (excluding diaryl/α,β-unsaturated/α-hetero) is 1. The Hall–Kier alpha value is -1.11. The summed E-state index contributed by atoms with van der Waals surface area (Å²) >= 11 is 0. The summed E-state index contributed by atoms with van der Waals surface area (Å²) in [4.78, 5) is 11.4. The maximum atomic E-state index is 11.4. The van der Waals surface area contributed by atoms with Crippen molar-refractivity contribution in [2.45, 2.75) is 46.0 Å². The summed E-state index contributed by atoms with van der Waals surface area (Å²) in [5.74, 6) is 0.397. The highest BCUT2D eigenvalue weighted by molar-refractivity contribution is 5.83. The largest absolute Gasteiger partial charge is 0.299 e. The van der Waals surface area contributed by atoms with Crippen molar-refractivity contribution >= 4 is 5.78 Å². The fourth-order valence-electron chi connectivity index (χ4n) is 2.37. The van der Waals surface area contributed by atoms with E-state index >= 15 is 0 Å². The van der Waals surface area contributed by atoms with Gasteiger partial charge < -0.3 is 0 Å². The lowest BCUT2D eigenvalue weighted by atomic mass is 9.87. The summed E-state index contributed by atoms with van der Waals surface area (Å²) in [5, 5.41) is 0. The van der Waals surface area contributed by atoms with Crippen molar-refractivity contribution in [3.8, 4) is 0 Å². The molecule has 1 heteroatoms. The number of rotatable bonds is 2. The first kappa shape index (κ1) is 10.4. The van der Waals surface area contributed by atoms with Crippen molar-refractivity contribution in [3.63, 3.8) is 0 Å². The van der Waals surface area contributed by atoms with Crippen molar-refractivity contribution in [3.05, 3.63) is 34.4 Å². The van der Waals surface area contributed by atoms with Crippen molar-refractivity contribution in [2.24, 2.45) is 0 Å². The van der Waals surface area contributed by atoms with E-state index < -0.39 is 0 Å². The third-order valence-electron chi connectivity index (χ3n) is 3.24. The molecule has 0 aliphatic heterocycles. The molecule has 0 amide bonds. The zero-order valence-electron chi connectivity index (χ0n) is 9.60. The van der Waals surface area contributed by atoms with Crippen LogP contribution in [0.1, 0.15) is 42.0 Å². The standard InChI is InChI=1S/C14H18O/c1-3-4-11-8-13-9-14(15)6-5-12(13)7-10(11)2/h7-8H,3-6,9H2,1-2H3. The van der Waals surface area contributed by atoms with Crippen LogP contribution in [0.2, 0.25) is 0 Å². The van der Waals surface area contributed by atoms with E-state index in [-0.39, 0.29) is 0 Å². The van der Waals surface area contributed by atoms with E-state index in [1.165, 1.54) is 28.7 Å². The third kappa shape index (κ3) is 2.11. The Balaban J connectivity index is 2.38. The molecule has 0 N–H and O–H groups in total. The smallest absolute Gasteiger partial charge is 0.137 e.